The normalized spacial score (nSPS) is 20.5. The molecular formula is C24H30N6O3S. The predicted octanol–water partition coefficient (Wildman–Crippen LogP) is 3.69. The number of rotatable bonds is 6. The van der Waals surface area contributed by atoms with E-state index in [9.17, 15) is 14.4 Å². The first-order chi connectivity index (χ1) is 16.6. The molecule has 0 bridgehead atoms. The summed E-state index contributed by atoms with van der Waals surface area (Å²) in [6.45, 7) is 0. The average molecular weight is 483 g/mol. The van der Waals surface area contributed by atoms with Crippen LogP contribution in [0.1, 0.15) is 76.0 Å². The first-order valence-corrected chi connectivity index (χ1v) is 13.2. The first kappa shape index (κ1) is 22.9. The van der Waals surface area contributed by atoms with E-state index in [2.05, 4.69) is 15.8 Å². The maximum atomic E-state index is 12.9. The van der Waals surface area contributed by atoms with Crippen LogP contribution in [0, 0.1) is 0 Å². The van der Waals surface area contributed by atoms with Gasteiger partial charge in [-0.15, -0.1) is 5.10 Å². The number of amides is 4. The number of imide groups is 1. The van der Waals surface area contributed by atoms with Crippen LogP contribution in [-0.2, 0) is 9.59 Å². The van der Waals surface area contributed by atoms with Crippen molar-refractivity contribution in [2.24, 2.45) is 0 Å². The molecule has 10 heteroatoms. The van der Waals surface area contributed by atoms with Gasteiger partial charge in [-0.3, -0.25) is 15.0 Å². The fourth-order valence-electron chi connectivity index (χ4n) is 5.25. The number of carbonyl (C=O) groups is 3. The molecule has 0 atom stereocenters. The third-order valence-electron chi connectivity index (χ3n) is 7.02. The van der Waals surface area contributed by atoms with Crippen molar-refractivity contribution in [3.63, 3.8) is 0 Å². The van der Waals surface area contributed by atoms with Gasteiger partial charge in [0.25, 0.3) is 5.91 Å². The van der Waals surface area contributed by atoms with Gasteiger partial charge in [0.05, 0.1) is 11.4 Å². The molecule has 1 spiro atoms. The van der Waals surface area contributed by atoms with Crippen molar-refractivity contribution in [1.82, 2.24) is 30.5 Å². The Hall–Kier alpha value is -2.88. The van der Waals surface area contributed by atoms with E-state index in [1.807, 2.05) is 35.0 Å². The van der Waals surface area contributed by atoms with E-state index in [1.165, 1.54) is 31.0 Å². The second-order valence-corrected chi connectivity index (χ2v) is 10.3. The molecule has 1 aromatic heterocycles. The summed E-state index contributed by atoms with van der Waals surface area (Å²) in [6, 6.07) is 9.35. The Morgan fingerprint density at radius 1 is 1.06 bits per heavy atom. The topological polar surface area (TPSA) is 109 Å². The van der Waals surface area contributed by atoms with Crippen molar-refractivity contribution in [3.8, 4) is 5.69 Å². The van der Waals surface area contributed by atoms with E-state index >= 15 is 0 Å². The number of aromatic nitrogens is 3. The highest BCUT2D eigenvalue weighted by molar-refractivity contribution is 7.99. The fourth-order valence-corrected chi connectivity index (χ4v) is 5.88. The van der Waals surface area contributed by atoms with E-state index in [1.54, 1.807) is 0 Å². The molecule has 5 rings (SSSR count). The Kier molecular flexibility index (Phi) is 6.58. The van der Waals surface area contributed by atoms with Crippen LogP contribution in [0.2, 0.25) is 0 Å². The third-order valence-corrected chi connectivity index (χ3v) is 7.86. The Balaban J connectivity index is 1.26. The van der Waals surface area contributed by atoms with Gasteiger partial charge < -0.3 is 5.32 Å². The number of hydrazine groups is 1. The van der Waals surface area contributed by atoms with Crippen molar-refractivity contribution < 1.29 is 14.4 Å². The van der Waals surface area contributed by atoms with E-state index < -0.39 is 17.5 Å². The van der Waals surface area contributed by atoms with Crippen LogP contribution in [-0.4, -0.2) is 48.9 Å². The molecule has 2 heterocycles. The molecule has 2 N–H and O–H groups in total. The molecule has 9 nitrogen and oxygen atoms in total. The quantitative estimate of drug-likeness (QED) is 0.480. The molecule has 0 unspecified atom stereocenters. The summed E-state index contributed by atoms with van der Waals surface area (Å²) >= 11 is 1.21. The van der Waals surface area contributed by atoms with Gasteiger partial charge >= 0.3 is 6.03 Å². The number of carbonyl (C=O) groups excluding carboxylic acids is 3. The number of urea groups is 1. The largest absolute Gasteiger partial charge is 0.344 e. The van der Waals surface area contributed by atoms with E-state index in [0.717, 1.165) is 48.6 Å². The molecule has 34 heavy (non-hydrogen) atoms. The van der Waals surface area contributed by atoms with Crippen LogP contribution in [0.3, 0.4) is 0 Å². The molecule has 1 aliphatic heterocycles. The van der Waals surface area contributed by atoms with Crippen molar-refractivity contribution in [2.45, 2.75) is 80.8 Å². The summed E-state index contributed by atoms with van der Waals surface area (Å²) in [5.41, 5.74) is 2.57. The summed E-state index contributed by atoms with van der Waals surface area (Å²) in [5, 5.41) is 8.85. The number of para-hydroxylation sites is 1. The molecule has 4 amide bonds. The summed E-state index contributed by atoms with van der Waals surface area (Å²) in [7, 11) is 0. The maximum absolute atomic E-state index is 12.9. The smallest absolute Gasteiger partial charge is 0.322 e. The molecule has 2 aliphatic carbocycles. The van der Waals surface area contributed by atoms with Gasteiger partial charge in [0.1, 0.15) is 11.4 Å². The minimum atomic E-state index is -0.860. The predicted molar refractivity (Wildman–Crippen MR) is 127 cm³/mol. The zero-order valence-corrected chi connectivity index (χ0v) is 20.0. The molecule has 1 saturated heterocycles. The third kappa shape index (κ3) is 4.55. The van der Waals surface area contributed by atoms with Gasteiger partial charge in [-0.05, 0) is 37.8 Å². The lowest BCUT2D eigenvalue weighted by Crippen LogP contribution is -2.51. The lowest BCUT2D eigenvalue weighted by molar-refractivity contribution is -0.139. The molecule has 2 aromatic rings. The van der Waals surface area contributed by atoms with Crippen LogP contribution in [0.15, 0.2) is 35.5 Å². The van der Waals surface area contributed by atoms with Gasteiger partial charge in [-0.1, -0.05) is 68.5 Å². The number of benzene rings is 1. The Bertz CT molecular complexity index is 1060. The SMILES string of the molecule is O=C(CSc1nc(C2CCCCC2)n(-c2ccccc2)n1)NN1C(=O)NC2(CCCCC2)C1=O. The Morgan fingerprint density at radius 2 is 1.76 bits per heavy atom. The Labute approximate surface area is 203 Å². The molecule has 2 saturated carbocycles. The van der Waals surface area contributed by atoms with Crippen LogP contribution in [0.4, 0.5) is 4.79 Å². The van der Waals surface area contributed by atoms with Crippen LogP contribution in [0.5, 0.6) is 0 Å². The summed E-state index contributed by atoms with van der Waals surface area (Å²) in [6.07, 6.45) is 9.86. The van der Waals surface area contributed by atoms with Crippen LogP contribution < -0.4 is 10.7 Å². The first-order valence-electron chi connectivity index (χ1n) is 12.2. The number of nitrogens with zero attached hydrogens (tertiary/aromatic N) is 4. The molecule has 180 valence electrons. The van der Waals surface area contributed by atoms with Gasteiger partial charge in [0.15, 0.2) is 0 Å². The minimum Gasteiger partial charge on any atom is -0.322 e. The van der Waals surface area contributed by atoms with Gasteiger partial charge in [0.2, 0.25) is 11.1 Å². The maximum Gasteiger partial charge on any atom is 0.344 e. The van der Waals surface area contributed by atoms with E-state index in [0.29, 0.717) is 23.9 Å². The molecule has 3 fully saturated rings. The molecular weight excluding hydrogens is 452 g/mol. The Morgan fingerprint density at radius 3 is 2.50 bits per heavy atom. The van der Waals surface area contributed by atoms with Crippen LogP contribution >= 0.6 is 11.8 Å². The van der Waals surface area contributed by atoms with Crippen molar-refractivity contribution in [2.75, 3.05) is 5.75 Å². The zero-order valence-electron chi connectivity index (χ0n) is 19.2. The number of hydrogen-bond acceptors (Lipinski definition) is 6. The van der Waals surface area contributed by atoms with Crippen LogP contribution in [0.25, 0.3) is 5.69 Å². The summed E-state index contributed by atoms with van der Waals surface area (Å²) in [4.78, 5) is 42.7. The van der Waals surface area contributed by atoms with E-state index in [-0.39, 0.29) is 11.7 Å². The zero-order chi connectivity index (χ0) is 23.5. The monoisotopic (exact) mass is 482 g/mol. The summed E-state index contributed by atoms with van der Waals surface area (Å²) < 4.78 is 1.89. The second-order valence-electron chi connectivity index (χ2n) is 9.37. The summed E-state index contributed by atoms with van der Waals surface area (Å²) in [5.74, 6) is 0.495. The number of hydrogen-bond donors (Lipinski definition) is 2. The minimum absolute atomic E-state index is 0.00691. The lowest BCUT2D eigenvalue weighted by atomic mass is 9.82. The number of thioether (sulfide) groups is 1. The standard InChI is InChI=1S/C24H30N6O3S/c31-19(27-30-21(32)24(26-23(30)33)14-8-3-9-15-24)16-34-22-25-20(17-10-4-1-5-11-17)29(28-22)18-12-6-2-7-13-18/h2,6-7,12-13,17H,1,3-5,8-11,14-16H2,(H,26,33)(H,27,31). The second kappa shape index (κ2) is 9.77. The van der Waals surface area contributed by atoms with Gasteiger partial charge in [-0.25, -0.2) is 14.5 Å². The molecule has 1 aromatic carbocycles. The average Bonchev–Trinajstić information content (AvgIpc) is 3.40. The van der Waals surface area contributed by atoms with Gasteiger partial charge in [-0.2, -0.15) is 5.01 Å². The number of nitrogens with one attached hydrogen (secondary N) is 2. The molecule has 3 aliphatic rings. The van der Waals surface area contributed by atoms with Crippen molar-refractivity contribution in [1.29, 1.82) is 0 Å². The van der Waals surface area contributed by atoms with Crippen molar-refractivity contribution >= 4 is 29.6 Å². The highest BCUT2D eigenvalue weighted by atomic mass is 32.2. The highest BCUT2D eigenvalue weighted by Crippen LogP contribution is 2.34. The lowest BCUT2D eigenvalue weighted by Gasteiger charge is -2.30. The highest BCUT2D eigenvalue weighted by Gasteiger charge is 2.52. The fraction of sp³-hybridized carbons (Fsp3) is 0.542. The van der Waals surface area contributed by atoms with Gasteiger partial charge in [0, 0.05) is 5.92 Å². The van der Waals surface area contributed by atoms with Crippen molar-refractivity contribution in [3.05, 3.63) is 36.2 Å². The van der Waals surface area contributed by atoms with E-state index in [4.69, 9.17) is 4.98 Å². The molecule has 0 radical (unpaired) electrons.